The predicted octanol–water partition coefficient (Wildman–Crippen LogP) is 7.53. The third-order valence-electron chi connectivity index (χ3n) is 8.01. The molecule has 0 aliphatic heterocycles. The minimum absolute atomic E-state index is 0.0466. The van der Waals surface area contributed by atoms with Crippen molar-refractivity contribution in [3.8, 4) is 0 Å². The Labute approximate surface area is 288 Å². The van der Waals surface area contributed by atoms with Crippen LogP contribution in [-0.2, 0) is 32.6 Å². The van der Waals surface area contributed by atoms with Crippen molar-refractivity contribution in [3.05, 3.63) is 129 Å². The quantitative estimate of drug-likeness (QED) is 0.157. The second-order valence-corrected chi connectivity index (χ2v) is 14.8. The third kappa shape index (κ3) is 9.15. The molecule has 0 spiro atoms. The second-order valence-electron chi connectivity index (χ2n) is 12.2. The maximum Gasteiger partial charge on any atom is 0.264 e. The third-order valence-corrected chi connectivity index (χ3v) is 10.5. The summed E-state index contributed by atoms with van der Waals surface area (Å²) in [6.45, 7) is 9.37. The van der Waals surface area contributed by atoms with Gasteiger partial charge in [-0.2, -0.15) is 0 Å². The van der Waals surface area contributed by atoms with Crippen LogP contribution in [0, 0.1) is 26.7 Å². The van der Waals surface area contributed by atoms with Crippen molar-refractivity contribution >= 4 is 50.7 Å². The van der Waals surface area contributed by atoms with E-state index in [1.807, 2.05) is 71.0 Å². The lowest BCUT2D eigenvalue weighted by atomic mass is 10.0. The Morgan fingerprint density at radius 2 is 1.45 bits per heavy atom. The number of halogens is 2. The van der Waals surface area contributed by atoms with Gasteiger partial charge in [0, 0.05) is 35.1 Å². The van der Waals surface area contributed by atoms with Crippen molar-refractivity contribution in [3.63, 3.8) is 0 Å². The van der Waals surface area contributed by atoms with Crippen molar-refractivity contribution in [2.75, 3.05) is 17.4 Å². The van der Waals surface area contributed by atoms with Gasteiger partial charge < -0.3 is 10.2 Å². The highest BCUT2D eigenvalue weighted by atomic mass is 35.5. The van der Waals surface area contributed by atoms with Crippen molar-refractivity contribution in [1.82, 2.24) is 10.2 Å². The first-order valence-electron chi connectivity index (χ1n) is 15.5. The van der Waals surface area contributed by atoms with E-state index in [0.717, 1.165) is 26.6 Å². The summed E-state index contributed by atoms with van der Waals surface area (Å²) in [6.07, 6.45) is 0.187. The molecule has 4 aromatic rings. The summed E-state index contributed by atoms with van der Waals surface area (Å²) in [4.78, 5) is 30.1. The first-order valence-corrected chi connectivity index (χ1v) is 17.7. The molecule has 248 valence electrons. The number of anilines is 1. The fourth-order valence-corrected chi connectivity index (χ4v) is 7.00. The minimum Gasteiger partial charge on any atom is -0.354 e. The van der Waals surface area contributed by atoms with Crippen LogP contribution in [0.3, 0.4) is 0 Å². The molecule has 2 amide bonds. The predicted molar refractivity (Wildman–Crippen MR) is 190 cm³/mol. The van der Waals surface area contributed by atoms with Crippen LogP contribution in [0.1, 0.15) is 41.7 Å². The van der Waals surface area contributed by atoms with Gasteiger partial charge in [-0.15, -0.1) is 0 Å². The van der Waals surface area contributed by atoms with Gasteiger partial charge in [0.1, 0.15) is 12.6 Å². The van der Waals surface area contributed by atoms with Gasteiger partial charge in [0.25, 0.3) is 10.0 Å². The SMILES string of the molecule is Cc1ccc(S(=O)(=O)N(CC(=O)N(Cc2c(Cl)cccc2Cl)[C@@H](Cc2ccccc2)C(=O)NCC(C)C)c2ccc(C)c(C)c2)cc1. The van der Waals surface area contributed by atoms with Crippen LogP contribution in [0.5, 0.6) is 0 Å². The molecule has 4 rings (SSSR count). The van der Waals surface area contributed by atoms with Crippen LogP contribution in [-0.4, -0.2) is 44.3 Å². The molecule has 1 atom stereocenters. The van der Waals surface area contributed by atoms with Crippen LogP contribution in [0.2, 0.25) is 10.0 Å². The molecular weight excluding hydrogens is 653 g/mol. The molecule has 0 radical (unpaired) electrons. The van der Waals surface area contributed by atoms with E-state index in [2.05, 4.69) is 5.32 Å². The van der Waals surface area contributed by atoms with E-state index in [0.29, 0.717) is 27.8 Å². The summed E-state index contributed by atoms with van der Waals surface area (Å²) >= 11 is 13.2. The highest BCUT2D eigenvalue weighted by molar-refractivity contribution is 7.92. The van der Waals surface area contributed by atoms with Gasteiger partial charge in [-0.25, -0.2) is 8.42 Å². The molecule has 7 nitrogen and oxygen atoms in total. The number of carbonyl (C=O) groups excluding carboxylic acids is 2. The molecule has 0 saturated carbocycles. The zero-order chi connectivity index (χ0) is 34.3. The average molecular weight is 695 g/mol. The lowest BCUT2D eigenvalue weighted by molar-refractivity contribution is -0.140. The van der Waals surface area contributed by atoms with E-state index in [4.69, 9.17) is 23.2 Å². The number of amides is 2. The molecule has 0 aromatic heterocycles. The zero-order valence-corrected chi connectivity index (χ0v) is 29.7. The second kappa shape index (κ2) is 15.8. The number of benzene rings is 4. The molecule has 0 bridgehead atoms. The highest BCUT2D eigenvalue weighted by Crippen LogP contribution is 2.30. The summed E-state index contributed by atoms with van der Waals surface area (Å²) in [5.74, 6) is -0.785. The van der Waals surface area contributed by atoms with Gasteiger partial charge >= 0.3 is 0 Å². The van der Waals surface area contributed by atoms with Gasteiger partial charge in [0.05, 0.1) is 10.6 Å². The van der Waals surface area contributed by atoms with Crippen molar-refractivity contribution in [2.45, 2.75) is 58.5 Å². The molecule has 0 unspecified atom stereocenters. The van der Waals surface area contributed by atoms with E-state index in [9.17, 15) is 18.0 Å². The van der Waals surface area contributed by atoms with Gasteiger partial charge in [0.2, 0.25) is 11.8 Å². The molecular formula is C37H41Cl2N3O4S. The molecule has 10 heteroatoms. The Morgan fingerprint density at radius 1 is 0.809 bits per heavy atom. The minimum atomic E-state index is -4.21. The maximum absolute atomic E-state index is 14.7. The van der Waals surface area contributed by atoms with Gasteiger partial charge in [-0.1, -0.05) is 97.2 Å². The monoisotopic (exact) mass is 693 g/mol. The number of carbonyl (C=O) groups is 2. The standard InChI is InChI=1S/C37H41Cl2N3O4S/c1-25(2)22-40-37(44)35(21-29-10-7-6-8-11-29)41(23-32-33(38)12-9-13-34(32)39)36(43)24-42(30-17-16-27(4)28(5)20-30)47(45,46)31-18-14-26(3)15-19-31/h6-20,25,35H,21-24H2,1-5H3,(H,40,44)/t35-/m0/s1. The van der Waals surface area contributed by atoms with E-state index in [1.165, 1.54) is 17.0 Å². The Morgan fingerprint density at radius 3 is 2.04 bits per heavy atom. The molecule has 47 heavy (non-hydrogen) atoms. The summed E-state index contributed by atoms with van der Waals surface area (Å²) in [5, 5.41) is 3.64. The first kappa shape index (κ1) is 36.0. The lowest BCUT2D eigenvalue weighted by Gasteiger charge is -2.34. The van der Waals surface area contributed by atoms with Crippen molar-refractivity contribution in [1.29, 1.82) is 0 Å². The smallest absolute Gasteiger partial charge is 0.264 e. The lowest BCUT2D eigenvalue weighted by Crippen LogP contribution is -2.53. The van der Waals surface area contributed by atoms with Crippen molar-refractivity contribution < 1.29 is 18.0 Å². The normalized spacial score (nSPS) is 12.1. The zero-order valence-electron chi connectivity index (χ0n) is 27.3. The summed E-state index contributed by atoms with van der Waals surface area (Å²) in [6, 6.07) is 25.2. The number of hydrogen-bond acceptors (Lipinski definition) is 4. The number of sulfonamides is 1. The van der Waals surface area contributed by atoms with Crippen LogP contribution in [0.25, 0.3) is 0 Å². The van der Waals surface area contributed by atoms with Crippen LogP contribution >= 0.6 is 23.2 Å². The summed E-state index contributed by atoms with van der Waals surface area (Å²) < 4.78 is 29.7. The van der Waals surface area contributed by atoms with Gasteiger partial charge in [0.15, 0.2) is 0 Å². The molecule has 0 aliphatic rings. The van der Waals surface area contributed by atoms with E-state index in [-0.39, 0.29) is 29.7 Å². The molecule has 0 saturated heterocycles. The molecule has 0 heterocycles. The van der Waals surface area contributed by atoms with E-state index >= 15 is 0 Å². The maximum atomic E-state index is 14.7. The van der Waals surface area contributed by atoms with Crippen LogP contribution in [0.15, 0.2) is 95.9 Å². The number of nitrogens with one attached hydrogen (secondary N) is 1. The van der Waals surface area contributed by atoms with E-state index in [1.54, 1.807) is 42.5 Å². The summed E-state index contributed by atoms with van der Waals surface area (Å²) in [7, 11) is -4.21. The number of nitrogens with zero attached hydrogens (tertiary/aromatic N) is 2. The Balaban J connectivity index is 1.85. The Kier molecular flexibility index (Phi) is 12.1. The van der Waals surface area contributed by atoms with Gasteiger partial charge in [-0.3, -0.25) is 13.9 Å². The van der Waals surface area contributed by atoms with Gasteiger partial charge in [-0.05, 0) is 79.8 Å². The largest absolute Gasteiger partial charge is 0.354 e. The summed E-state index contributed by atoms with van der Waals surface area (Å²) in [5.41, 5.74) is 4.37. The molecule has 0 fully saturated rings. The van der Waals surface area contributed by atoms with E-state index < -0.39 is 28.5 Å². The van der Waals surface area contributed by atoms with Crippen LogP contribution in [0.4, 0.5) is 5.69 Å². The molecule has 4 aromatic carbocycles. The van der Waals surface area contributed by atoms with Crippen molar-refractivity contribution in [2.24, 2.45) is 5.92 Å². The fourth-order valence-electron chi connectivity index (χ4n) is 5.08. The number of rotatable bonds is 13. The average Bonchev–Trinajstić information content (AvgIpc) is 3.03. The first-order chi connectivity index (χ1) is 22.3. The highest BCUT2D eigenvalue weighted by Gasteiger charge is 2.35. The molecule has 0 aliphatic carbocycles. The fraction of sp³-hybridized carbons (Fsp3) is 0.297. The van der Waals surface area contributed by atoms with Crippen LogP contribution < -0.4 is 9.62 Å². The molecule has 1 N–H and O–H groups in total. The Bertz CT molecular complexity index is 1790. The number of aryl methyl sites for hydroxylation is 3. The number of hydrogen-bond donors (Lipinski definition) is 1. The topological polar surface area (TPSA) is 86.8 Å². The Hall–Kier alpha value is -3.85.